The molecule has 0 atom stereocenters. The molecule has 0 aliphatic carbocycles. The highest BCUT2D eigenvalue weighted by Gasteiger charge is 2.05. The van der Waals surface area contributed by atoms with Crippen LogP contribution in [0.4, 0.5) is 11.4 Å². The van der Waals surface area contributed by atoms with Gasteiger partial charge < -0.3 is 16.8 Å². The summed E-state index contributed by atoms with van der Waals surface area (Å²) in [6.45, 7) is 2.83. The van der Waals surface area contributed by atoms with Gasteiger partial charge in [-0.15, -0.1) is 0 Å². The van der Waals surface area contributed by atoms with E-state index < -0.39 is 0 Å². The zero-order valence-electron chi connectivity index (χ0n) is 9.62. The van der Waals surface area contributed by atoms with E-state index >= 15 is 0 Å². The summed E-state index contributed by atoms with van der Waals surface area (Å²) in [6.07, 6.45) is 3.28. The van der Waals surface area contributed by atoms with Gasteiger partial charge >= 0.3 is 0 Å². The standard InChI is InChI=1S/C12H19N3O/c1-2-3-4-7-15-12(16)9-5-6-10(13)11(14)8-9/h5-6,8H,2-4,7,13-14H2,1H3,(H,15,16). The van der Waals surface area contributed by atoms with Crippen molar-refractivity contribution in [2.24, 2.45) is 0 Å². The second-order valence-corrected chi connectivity index (χ2v) is 3.81. The highest BCUT2D eigenvalue weighted by molar-refractivity contribution is 5.95. The molecule has 0 fully saturated rings. The molecular formula is C12H19N3O. The van der Waals surface area contributed by atoms with Crippen LogP contribution in [0.2, 0.25) is 0 Å². The minimum Gasteiger partial charge on any atom is -0.397 e. The predicted molar refractivity (Wildman–Crippen MR) is 67.1 cm³/mol. The van der Waals surface area contributed by atoms with Gasteiger partial charge in [0.15, 0.2) is 0 Å². The van der Waals surface area contributed by atoms with Crippen LogP contribution in [0.25, 0.3) is 0 Å². The number of carbonyl (C=O) groups excluding carboxylic acids is 1. The molecule has 1 rings (SSSR count). The van der Waals surface area contributed by atoms with Crippen LogP contribution in [0, 0.1) is 0 Å². The largest absolute Gasteiger partial charge is 0.397 e. The Kier molecular flexibility index (Phi) is 4.64. The molecule has 1 aromatic rings. The first-order chi connectivity index (χ1) is 7.65. The molecule has 0 aliphatic heterocycles. The van der Waals surface area contributed by atoms with E-state index in [0.717, 1.165) is 19.3 Å². The fourth-order valence-corrected chi connectivity index (χ4v) is 1.39. The zero-order valence-corrected chi connectivity index (χ0v) is 9.62. The number of benzene rings is 1. The van der Waals surface area contributed by atoms with Crippen LogP contribution in [0.5, 0.6) is 0 Å². The molecule has 0 spiro atoms. The van der Waals surface area contributed by atoms with E-state index in [1.807, 2.05) is 0 Å². The number of nitrogens with two attached hydrogens (primary N) is 2. The summed E-state index contributed by atoms with van der Waals surface area (Å²) >= 11 is 0. The van der Waals surface area contributed by atoms with Crippen molar-refractivity contribution in [1.82, 2.24) is 5.32 Å². The van der Waals surface area contributed by atoms with Gasteiger partial charge in [0.05, 0.1) is 11.4 Å². The Morgan fingerprint density at radius 3 is 2.62 bits per heavy atom. The van der Waals surface area contributed by atoms with E-state index in [1.54, 1.807) is 18.2 Å². The predicted octanol–water partition coefficient (Wildman–Crippen LogP) is 1.77. The minimum absolute atomic E-state index is 0.0946. The molecular weight excluding hydrogens is 202 g/mol. The van der Waals surface area contributed by atoms with Crippen LogP contribution in [0.3, 0.4) is 0 Å². The van der Waals surface area contributed by atoms with Gasteiger partial charge in [-0.1, -0.05) is 19.8 Å². The Hall–Kier alpha value is -1.71. The molecule has 0 unspecified atom stereocenters. The van der Waals surface area contributed by atoms with Crippen molar-refractivity contribution in [3.63, 3.8) is 0 Å². The van der Waals surface area contributed by atoms with E-state index in [4.69, 9.17) is 11.5 Å². The van der Waals surface area contributed by atoms with Crippen LogP contribution in [0.15, 0.2) is 18.2 Å². The minimum atomic E-state index is -0.0946. The van der Waals surface area contributed by atoms with Gasteiger partial charge in [-0.25, -0.2) is 0 Å². The molecule has 5 N–H and O–H groups in total. The maximum Gasteiger partial charge on any atom is 0.251 e. The number of anilines is 2. The quantitative estimate of drug-likeness (QED) is 0.523. The summed E-state index contributed by atoms with van der Waals surface area (Å²) in [5.41, 5.74) is 12.7. The highest BCUT2D eigenvalue weighted by atomic mass is 16.1. The second kappa shape index (κ2) is 6.00. The van der Waals surface area contributed by atoms with Crippen molar-refractivity contribution in [1.29, 1.82) is 0 Å². The van der Waals surface area contributed by atoms with Crippen molar-refractivity contribution in [3.8, 4) is 0 Å². The average molecular weight is 221 g/mol. The Bertz CT molecular complexity index is 363. The number of rotatable bonds is 5. The van der Waals surface area contributed by atoms with Crippen LogP contribution in [0.1, 0.15) is 36.5 Å². The molecule has 0 aromatic heterocycles. The Balaban J connectivity index is 2.50. The maximum absolute atomic E-state index is 11.7. The Morgan fingerprint density at radius 2 is 2.00 bits per heavy atom. The van der Waals surface area contributed by atoms with Crippen molar-refractivity contribution in [3.05, 3.63) is 23.8 Å². The van der Waals surface area contributed by atoms with Crippen LogP contribution < -0.4 is 16.8 Å². The number of unbranched alkanes of at least 4 members (excludes halogenated alkanes) is 2. The molecule has 88 valence electrons. The van der Waals surface area contributed by atoms with Gasteiger partial charge in [-0.3, -0.25) is 4.79 Å². The van der Waals surface area contributed by atoms with Crippen LogP contribution in [-0.4, -0.2) is 12.5 Å². The summed E-state index contributed by atoms with van der Waals surface area (Å²) in [5.74, 6) is -0.0946. The first-order valence-electron chi connectivity index (χ1n) is 5.58. The molecule has 0 saturated carbocycles. The molecule has 0 heterocycles. The molecule has 16 heavy (non-hydrogen) atoms. The lowest BCUT2D eigenvalue weighted by atomic mass is 10.1. The van der Waals surface area contributed by atoms with E-state index in [9.17, 15) is 4.79 Å². The monoisotopic (exact) mass is 221 g/mol. The van der Waals surface area contributed by atoms with Gasteiger partial charge in [0.1, 0.15) is 0 Å². The molecule has 4 nitrogen and oxygen atoms in total. The zero-order chi connectivity index (χ0) is 12.0. The Labute approximate surface area is 96.0 Å². The van der Waals surface area contributed by atoms with Gasteiger partial charge in [0, 0.05) is 12.1 Å². The molecule has 0 radical (unpaired) electrons. The number of nitrogens with one attached hydrogen (secondary N) is 1. The average Bonchev–Trinajstić information content (AvgIpc) is 2.28. The molecule has 0 saturated heterocycles. The lowest BCUT2D eigenvalue weighted by Crippen LogP contribution is -2.24. The summed E-state index contributed by atoms with van der Waals surface area (Å²) in [4.78, 5) is 11.7. The van der Waals surface area contributed by atoms with Crippen molar-refractivity contribution in [2.75, 3.05) is 18.0 Å². The molecule has 0 aliphatic rings. The SMILES string of the molecule is CCCCCNC(=O)c1ccc(N)c(N)c1. The second-order valence-electron chi connectivity index (χ2n) is 3.81. The third-order valence-corrected chi connectivity index (χ3v) is 2.41. The number of hydrogen-bond acceptors (Lipinski definition) is 3. The molecule has 1 amide bonds. The molecule has 4 heteroatoms. The number of nitrogen functional groups attached to an aromatic ring is 2. The van der Waals surface area contributed by atoms with Crippen molar-refractivity contribution in [2.45, 2.75) is 26.2 Å². The topological polar surface area (TPSA) is 81.1 Å². The van der Waals surface area contributed by atoms with Crippen LogP contribution >= 0.6 is 0 Å². The molecule has 1 aromatic carbocycles. The van der Waals surface area contributed by atoms with Crippen LogP contribution in [-0.2, 0) is 0 Å². The van der Waals surface area contributed by atoms with Crippen molar-refractivity contribution >= 4 is 17.3 Å². The maximum atomic E-state index is 11.7. The van der Waals surface area contributed by atoms with Gasteiger partial charge in [0.25, 0.3) is 5.91 Å². The first-order valence-corrected chi connectivity index (χ1v) is 5.58. The van der Waals surface area contributed by atoms with E-state index in [2.05, 4.69) is 12.2 Å². The number of amides is 1. The lowest BCUT2D eigenvalue weighted by molar-refractivity contribution is 0.0953. The summed E-state index contributed by atoms with van der Waals surface area (Å²) in [5, 5.41) is 2.85. The number of carbonyl (C=O) groups is 1. The van der Waals surface area contributed by atoms with Gasteiger partial charge in [-0.05, 0) is 24.6 Å². The fourth-order valence-electron chi connectivity index (χ4n) is 1.39. The first kappa shape index (κ1) is 12.4. The van der Waals surface area contributed by atoms with Crippen molar-refractivity contribution < 1.29 is 4.79 Å². The van der Waals surface area contributed by atoms with E-state index in [0.29, 0.717) is 23.5 Å². The highest BCUT2D eigenvalue weighted by Crippen LogP contribution is 2.15. The van der Waals surface area contributed by atoms with Gasteiger partial charge in [-0.2, -0.15) is 0 Å². The molecule has 0 bridgehead atoms. The summed E-state index contributed by atoms with van der Waals surface area (Å²) in [7, 11) is 0. The third kappa shape index (κ3) is 3.46. The summed E-state index contributed by atoms with van der Waals surface area (Å²) < 4.78 is 0. The third-order valence-electron chi connectivity index (χ3n) is 2.41. The van der Waals surface area contributed by atoms with E-state index in [-0.39, 0.29) is 5.91 Å². The summed E-state index contributed by atoms with van der Waals surface area (Å²) in [6, 6.07) is 4.93. The fraction of sp³-hybridized carbons (Fsp3) is 0.417. The Morgan fingerprint density at radius 1 is 1.25 bits per heavy atom. The van der Waals surface area contributed by atoms with E-state index in [1.165, 1.54) is 0 Å². The normalized spacial score (nSPS) is 10.1. The smallest absolute Gasteiger partial charge is 0.251 e. The number of hydrogen-bond donors (Lipinski definition) is 3. The lowest BCUT2D eigenvalue weighted by Gasteiger charge is -2.06. The van der Waals surface area contributed by atoms with Gasteiger partial charge in [0.2, 0.25) is 0 Å².